The maximum atomic E-state index is 12.1. The van der Waals surface area contributed by atoms with Crippen molar-refractivity contribution in [2.45, 2.75) is 0 Å². The molecule has 2 rings (SSSR count). The zero-order chi connectivity index (χ0) is 16.3. The average Bonchev–Trinajstić information content (AvgIpc) is 2.47. The van der Waals surface area contributed by atoms with E-state index in [-0.39, 0.29) is 16.9 Å². The van der Waals surface area contributed by atoms with E-state index in [0.717, 1.165) is 6.07 Å². The normalized spacial score (nSPS) is 10.1. The van der Waals surface area contributed by atoms with Gasteiger partial charge in [-0.05, 0) is 30.3 Å². The lowest BCUT2D eigenvalue weighted by Gasteiger charge is -2.08. The summed E-state index contributed by atoms with van der Waals surface area (Å²) in [4.78, 5) is 22.3. The summed E-state index contributed by atoms with van der Waals surface area (Å²) in [7, 11) is 1.48. The predicted molar refractivity (Wildman–Crippen MR) is 83.5 cm³/mol. The number of carbonyl (C=O) groups is 1. The van der Waals surface area contributed by atoms with Crippen LogP contribution in [0, 0.1) is 10.1 Å². The number of halogens is 1. The van der Waals surface area contributed by atoms with Crippen molar-refractivity contribution in [3.05, 3.63) is 57.1 Å². The third-order valence-electron chi connectivity index (χ3n) is 2.90. The minimum absolute atomic E-state index is 0.00552. The number of carbonyl (C=O) groups excluding carboxylic acids is 1. The summed E-state index contributed by atoms with van der Waals surface area (Å²) >= 11 is 5.96. The zero-order valence-corrected chi connectivity index (χ0v) is 12.3. The first-order chi connectivity index (χ1) is 10.4. The molecule has 0 aromatic heterocycles. The smallest absolute Gasteiger partial charge is 0.292 e. The van der Waals surface area contributed by atoms with Gasteiger partial charge in [-0.15, -0.1) is 0 Å². The highest BCUT2D eigenvalue weighted by molar-refractivity contribution is 6.32. The Morgan fingerprint density at radius 2 is 2.05 bits per heavy atom. The van der Waals surface area contributed by atoms with E-state index in [4.69, 9.17) is 22.1 Å². The fourth-order valence-electron chi connectivity index (χ4n) is 1.79. The van der Waals surface area contributed by atoms with Crippen molar-refractivity contribution in [2.24, 2.45) is 0 Å². The number of hydrogen-bond acceptors (Lipinski definition) is 5. The number of ether oxygens (including phenoxy) is 1. The molecule has 0 saturated carbocycles. The lowest BCUT2D eigenvalue weighted by atomic mass is 10.1. The summed E-state index contributed by atoms with van der Waals surface area (Å²) in [6, 6.07) is 8.56. The molecule has 0 unspecified atom stereocenters. The first kappa shape index (κ1) is 15.6. The molecule has 3 N–H and O–H groups in total. The van der Waals surface area contributed by atoms with E-state index < -0.39 is 10.8 Å². The summed E-state index contributed by atoms with van der Waals surface area (Å²) < 4.78 is 5.01. The van der Waals surface area contributed by atoms with E-state index in [1.165, 1.54) is 25.3 Å². The molecule has 2 aromatic carbocycles. The lowest BCUT2D eigenvalue weighted by Crippen LogP contribution is -2.12. The van der Waals surface area contributed by atoms with Crippen LogP contribution in [0.25, 0.3) is 0 Å². The molecule has 1 amide bonds. The van der Waals surface area contributed by atoms with Crippen molar-refractivity contribution in [1.82, 2.24) is 0 Å². The number of methoxy groups -OCH3 is 1. The van der Waals surface area contributed by atoms with Gasteiger partial charge < -0.3 is 15.8 Å². The fraction of sp³-hybridized carbons (Fsp3) is 0.0714. The molecule has 8 heteroatoms. The Morgan fingerprint density at radius 1 is 1.32 bits per heavy atom. The number of nitrogen functional groups attached to an aromatic ring is 1. The van der Waals surface area contributed by atoms with Gasteiger partial charge in [-0.3, -0.25) is 14.9 Å². The van der Waals surface area contributed by atoms with Crippen molar-refractivity contribution in [2.75, 3.05) is 18.2 Å². The molecule has 114 valence electrons. The van der Waals surface area contributed by atoms with Gasteiger partial charge in [0, 0.05) is 17.3 Å². The van der Waals surface area contributed by atoms with Gasteiger partial charge in [-0.1, -0.05) is 11.6 Å². The van der Waals surface area contributed by atoms with Crippen LogP contribution in [0.2, 0.25) is 5.02 Å². The van der Waals surface area contributed by atoms with E-state index in [1.54, 1.807) is 12.1 Å². The second-order valence-electron chi connectivity index (χ2n) is 4.33. The highest BCUT2D eigenvalue weighted by Crippen LogP contribution is 2.28. The summed E-state index contributed by atoms with van der Waals surface area (Å²) in [6.07, 6.45) is 0. The first-order valence-electron chi connectivity index (χ1n) is 6.11. The van der Waals surface area contributed by atoms with E-state index in [9.17, 15) is 14.9 Å². The number of anilines is 2. The SMILES string of the molecule is COc1ccc(NC(=O)c2ccc(N)c([N+](=O)[O-])c2)cc1Cl. The van der Waals surface area contributed by atoms with Crippen LogP contribution < -0.4 is 15.8 Å². The summed E-state index contributed by atoms with van der Waals surface area (Å²) in [5.74, 6) is -0.0351. The number of nitrogens with one attached hydrogen (secondary N) is 1. The molecule has 0 aliphatic carbocycles. The van der Waals surface area contributed by atoms with Gasteiger partial charge in [-0.25, -0.2) is 0 Å². The third kappa shape index (κ3) is 3.26. The van der Waals surface area contributed by atoms with Crippen LogP contribution in [0.3, 0.4) is 0 Å². The fourth-order valence-corrected chi connectivity index (χ4v) is 2.05. The molecule has 0 atom stereocenters. The van der Waals surface area contributed by atoms with Crippen LogP contribution in [0.1, 0.15) is 10.4 Å². The Morgan fingerprint density at radius 3 is 2.64 bits per heavy atom. The van der Waals surface area contributed by atoms with E-state index in [0.29, 0.717) is 16.5 Å². The van der Waals surface area contributed by atoms with Crippen molar-refractivity contribution in [3.63, 3.8) is 0 Å². The summed E-state index contributed by atoms with van der Waals surface area (Å²) in [5, 5.41) is 13.8. The first-order valence-corrected chi connectivity index (χ1v) is 6.49. The monoisotopic (exact) mass is 321 g/mol. The Labute approximate surface area is 130 Å². The molecule has 0 saturated heterocycles. The summed E-state index contributed by atoms with van der Waals surface area (Å²) in [6.45, 7) is 0. The largest absolute Gasteiger partial charge is 0.495 e. The molecule has 0 bridgehead atoms. The van der Waals surface area contributed by atoms with Crippen molar-refractivity contribution < 1.29 is 14.5 Å². The van der Waals surface area contributed by atoms with E-state index in [1.807, 2.05) is 0 Å². The highest BCUT2D eigenvalue weighted by Gasteiger charge is 2.16. The molecule has 0 fully saturated rings. The Balaban J connectivity index is 2.24. The second-order valence-corrected chi connectivity index (χ2v) is 4.74. The van der Waals surface area contributed by atoms with E-state index in [2.05, 4.69) is 5.32 Å². The number of nitro benzene ring substituents is 1. The average molecular weight is 322 g/mol. The molecular formula is C14H12ClN3O4. The minimum Gasteiger partial charge on any atom is -0.495 e. The number of benzene rings is 2. The van der Waals surface area contributed by atoms with E-state index >= 15 is 0 Å². The van der Waals surface area contributed by atoms with Gasteiger partial charge in [0.25, 0.3) is 11.6 Å². The second kappa shape index (κ2) is 6.31. The number of nitrogens with two attached hydrogens (primary N) is 1. The molecule has 0 spiro atoms. The van der Waals surface area contributed by atoms with Crippen molar-refractivity contribution in [3.8, 4) is 5.75 Å². The summed E-state index contributed by atoms with van der Waals surface area (Å²) in [5.41, 5.74) is 5.72. The standard InChI is InChI=1S/C14H12ClN3O4/c1-22-13-5-3-9(7-10(13)15)17-14(19)8-2-4-11(16)12(6-8)18(20)21/h2-7H,16H2,1H3,(H,17,19). The molecule has 0 aliphatic heterocycles. The maximum Gasteiger partial charge on any atom is 0.292 e. The molecule has 22 heavy (non-hydrogen) atoms. The van der Waals surface area contributed by atoms with Gasteiger partial charge in [0.1, 0.15) is 11.4 Å². The Kier molecular flexibility index (Phi) is 4.47. The van der Waals surface area contributed by atoms with Crippen molar-refractivity contribution >= 4 is 34.6 Å². The van der Waals surface area contributed by atoms with Crippen LogP contribution in [-0.2, 0) is 0 Å². The number of nitro groups is 1. The van der Waals surface area contributed by atoms with Gasteiger partial charge in [0.05, 0.1) is 17.1 Å². The van der Waals surface area contributed by atoms with Crippen LogP contribution in [0.15, 0.2) is 36.4 Å². The van der Waals surface area contributed by atoms with Crippen molar-refractivity contribution in [1.29, 1.82) is 0 Å². The van der Waals surface area contributed by atoms with Crippen LogP contribution >= 0.6 is 11.6 Å². The minimum atomic E-state index is -0.642. The molecule has 7 nitrogen and oxygen atoms in total. The van der Waals surface area contributed by atoms with Gasteiger partial charge in [0.15, 0.2) is 0 Å². The van der Waals surface area contributed by atoms with Crippen LogP contribution in [-0.4, -0.2) is 17.9 Å². The topological polar surface area (TPSA) is 107 Å². The maximum absolute atomic E-state index is 12.1. The molecule has 0 radical (unpaired) electrons. The quantitative estimate of drug-likeness (QED) is 0.511. The van der Waals surface area contributed by atoms with Gasteiger partial charge in [-0.2, -0.15) is 0 Å². The van der Waals surface area contributed by atoms with Crippen LogP contribution in [0.4, 0.5) is 17.1 Å². The Hall–Kier alpha value is -2.80. The molecule has 0 heterocycles. The number of hydrogen-bond donors (Lipinski definition) is 2. The molecular weight excluding hydrogens is 310 g/mol. The Bertz CT molecular complexity index is 749. The predicted octanol–water partition coefficient (Wildman–Crippen LogP) is 3.09. The van der Waals surface area contributed by atoms with Gasteiger partial charge >= 0.3 is 0 Å². The number of rotatable bonds is 4. The third-order valence-corrected chi connectivity index (χ3v) is 3.19. The highest BCUT2D eigenvalue weighted by atomic mass is 35.5. The molecule has 2 aromatic rings. The zero-order valence-electron chi connectivity index (χ0n) is 11.5. The number of nitrogens with zero attached hydrogens (tertiary/aromatic N) is 1. The lowest BCUT2D eigenvalue weighted by molar-refractivity contribution is -0.383. The van der Waals surface area contributed by atoms with Crippen LogP contribution in [0.5, 0.6) is 5.75 Å². The van der Waals surface area contributed by atoms with Gasteiger partial charge in [0.2, 0.25) is 0 Å². The molecule has 0 aliphatic rings. The number of amides is 1.